The van der Waals surface area contributed by atoms with Crippen molar-refractivity contribution in [3.8, 4) is 0 Å². The number of aliphatic hydroxyl groups is 1. The summed E-state index contributed by atoms with van der Waals surface area (Å²) in [5.74, 6) is 0.254. The van der Waals surface area contributed by atoms with Crippen LogP contribution in [0.4, 0.5) is 0 Å². The average Bonchev–Trinajstić information content (AvgIpc) is 2.08. The zero-order valence-electron chi connectivity index (χ0n) is 7.96. The predicted octanol–water partition coefficient (Wildman–Crippen LogP) is 2.40. The van der Waals surface area contributed by atoms with Gasteiger partial charge in [0, 0.05) is 12.5 Å². The minimum absolute atomic E-state index is 0.225. The highest BCUT2D eigenvalue weighted by atomic mass is 16.3. The van der Waals surface area contributed by atoms with E-state index in [1.54, 1.807) is 0 Å². The molecule has 0 saturated heterocycles. The number of hydrogen-bond acceptors (Lipinski definition) is 1. The van der Waals surface area contributed by atoms with E-state index in [1.165, 1.54) is 16.7 Å². The molecule has 1 heteroatoms. The zero-order chi connectivity index (χ0) is 9.14. The molecule has 0 fully saturated rings. The van der Waals surface area contributed by atoms with Crippen molar-refractivity contribution in [2.75, 3.05) is 6.61 Å². The molecule has 0 spiro atoms. The monoisotopic (exact) mass is 164 g/mol. The van der Waals surface area contributed by atoms with Crippen LogP contribution in [-0.2, 0) is 0 Å². The number of rotatable bonds is 2. The third-order valence-corrected chi connectivity index (χ3v) is 2.37. The fourth-order valence-corrected chi connectivity index (χ4v) is 1.18. The number of hydrogen-bond donors (Lipinski definition) is 1. The van der Waals surface area contributed by atoms with Crippen LogP contribution < -0.4 is 0 Å². The lowest BCUT2D eigenvalue weighted by molar-refractivity contribution is 0.273. The van der Waals surface area contributed by atoms with Crippen LogP contribution >= 0.6 is 0 Å². The van der Waals surface area contributed by atoms with Crippen molar-refractivity contribution in [2.24, 2.45) is 0 Å². The van der Waals surface area contributed by atoms with Gasteiger partial charge in [0.05, 0.1) is 0 Å². The molecule has 0 aliphatic heterocycles. The van der Waals surface area contributed by atoms with Gasteiger partial charge >= 0.3 is 0 Å². The van der Waals surface area contributed by atoms with Gasteiger partial charge in [-0.05, 0) is 30.5 Å². The summed E-state index contributed by atoms with van der Waals surface area (Å²) in [5, 5.41) is 8.95. The lowest BCUT2D eigenvalue weighted by Gasteiger charge is -2.10. The smallest absolute Gasteiger partial charge is 0.0497 e. The predicted molar refractivity (Wildman–Crippen MR) is 51.4 cm³/mol. The molecule has 0 bridgehead atoms. The Bertz CT molecular complexity index is 266. The highest BCUT2D eigenvalue weighted by Gasteiger charge is 2.03. The summed E-state index contributed by atoms with van der Waals surface area (Å²) < 4.78 is 0. The standard InChI is InChI=1S/C11H16O/c1-8-4-5-11(6-9(8)2)10(3)7-12/h4-6,10,12H,7H2,1-3H3/t10-/m0/s1. The van der Waals surface area contributed by atoms with Crippen LogP contribution in [-0.4, -0.2) is 11.7 Å². The van der Waals surface area contributed by atoms with Crippen LogP contribution in [0.1, 0.15) is 29.5 Å². The highest BCUT2D eigenvalue weighted by molar-refractivity contribution is 5.31. The molecule has 1 N–H and O–H groups in total. The fraction of sp³-hybridized carbons (Fsp3) is 0.455. The first-order valence-electron chi connectivity index (χ1n) is 4.33. The summed E-state index contributed by atoms with van der Waals surface area (Å²) >= 11 is 0. The molecule has 66 valence electrons. The van der Waals surface area contributed by atoms with Crippen LogP contribution in [0.25, 0.3) is 0 Å². The minimum Gasteiger partial charge on any atom is -0.396 e. The SMILES string of the molecule is Cc1ccc([C@@H](C)CO)cc1C. The maximum absolute atomic E-state index is 8.95. The number of aryl methyl sites for hydroxylation is 2. The molecule has 1 aromatic carbocycles. The Labute approximate surface area is 74.1 Å². The zero-order valence-corrected chi connectivity index (χ0v) is 7.96. The molecule has 12 heavy (non-hydrogen) atoms. The first-order chi connectivity index (χ1) is 5.65. The summed E-state index contributed by atoms with van der Waals surface area (Å²) in [7, 11) is 0. The molecule has 0 radical (unpaired) electrons. The fourth-order valence-electron chi connectivity index (χ4n) is 1.18. The van der Waals surface area contributed by atoms with Crippen molar-refractivity contribution in [1.29, 1.82) is 0 Å². The maximum Gasteiger partial charge on any atom is 0.0497 e. The summed E-state index contributed by atoms with van der Waals surface area (Å²) in [5.41, 5.74) is 3.83. The Kier molecular flexibility index (Phi) is 2.88. The second-order valence-electron chi connectivity index (χ2n) is 3.43. The van der Waals surface area contributed by atoms with Crippen LogP contribution in [0.3, 0.4) is 0 Å². The molecule has 0 aromatic heterocycles. The Morgan fingerprint density at radius 3 is 2.42 bits per heavy atom. The van der Waals surface area contributed by atoms with Crippen molar-refractivity contribution >= 4 is 0 Å². The van der Waals surface area contributed by atoms with E-state index in [0.717, 1.165) is 0 Å². The quantitative estimate of drug-likeness (QED) is 0.711. The minimum atomic E-state index is 0.225. The molecule has 1 rings (SSSR count). The Morgan fingerprint density at radius 2 is 1.92 bits per heavy atom. The lowest BCUT2D eigenvalue weighted by Crippen LogP contribution is -1.99. The average molecular weight is 164 g/mol. The molecule has 0 heterocycles. The molecule has 0 unspecified atom stereocenters. The van der Waals surface area contributed by atoms with E-state index in [2.05, 4.69) is 32.0 Å². The Morgan fingerprint density at radius 1 is 1.25 bits per heavy atom. The van der Waals surface area contributed by atoms with Crippen molar-refractivity contribution in [3.05, 3.63) is 34.9 Å². The molecule has 0 amide bonds. The van der Waals surface area contributed by atoms with E-state index < -0.39 is 0 Å². The molecular formula is C11H16O. The van der Waals surface area contributed by atoms with Crippen molar-refractivity contribution in [3.63, 3.8) is 0 Å². The van der Waals surface area contributed by atoms with Crippen LogP contribution in [0.15, 0.2) is 18.2 Å². The van der Waals surface area contributed by atoms with E-state index in [1.807, 2.05) is 6.92 Å². The van der Waals surface area contributed by atoms with Crippen molar-refractivity contribution in [1.82, 2.24) is 0 Å². The maximum atomic E-state index is 8.95. The number of benzene rings is 1. The van der Waals surface area contributed by atoms with E-state index in [-0.39, 0.29) is 12.5 Å². The topological polar surface area (TPSA) is 20.2 Å². The van der Waals surface area contributed by atoms with E-state index in [9.17, 15) is 0 Å². The van der Waals surface area contributed by atoms with Crippen LogP contribution in [0.5, 0.6) is 0 Å². The van der Waals surface area contributed by atoms with Crippen molar-refractivity contribution < 1.29 is 5.11 Å². The molecular weight excluding hydrogens is 148 g/mol. The third-order valence-electron chi connectivity index (χ3n) is 2.37. The van der Waals surface area contributed by atoms with Gasteiger partial charge in [-0.15, -0.1) is 0 Å². The number of aliphatic hydroxyl groups excluding tert-OH is 1. The van der Waals surface area contributed by atoms with E-state index in [4.69, 9.17) is 5.11 Å². The van der Waals surface area contributed by atoms with Gasteiger partial charge in [0.2, 0.25) is 0 Å². The molecule has 0 saturated carbocycles. The van der Waals surface area contributed by atoms with Crippen molar-refractivity contribution in [2.45, 2.75) is 26.7 Å². The Balaban J connectivity index is 2.96. The van der Waals surface area contributed by atoms with Gasteiger partial charge in [-0.1, -0.05) is 25.1 Å². The van der Waals surface area contributed by atoms with Gasteiger partial charge in [0.15, 0.2) is 0 Å². The molecule has 1 aromatic rings. The van der Waals surface area contributed by atoms with E-state index in [0.29, 0.717) is 0 Å². The van der Waals surface area contributed by atoms with Gasteiger partial charge in [-0.25, -0.2) is 0 Å². The largest absolute Gasteiger partial charge is 0.396 e. The van der Waals surface area contributed by atoms with E-state index >= 15 is 0 Å². The Hall–Kier alpha value is -0.820. The second-order valence-corrected chi connectivity index (χ2v) is 3.43. The normalized spacial score (nSPS) is 13.0. The molecule has 1 nitrogen and oxygen atoms in total. The van der Waals surface area contributed by atoms with Gasteiger partial charge < -0.3 is 5.11 Å². The first-order valence-corrected chi connectivity index (χ1v) is 4.33. The highest BCUT2D eigenvalue weighted by Crippen LogP contribution is 2.17. The molecule has 1 atom stereocenters. The third kappa shape index (κ3) is 1.86. The van der Waals surface area contributed by atoms with Crippen LogP contribution in [0.2, 0.25) is 0 Å². The summed E-state index contributed by atoms with van der Waals surface area (Å²) in [4.78, 5) is 0. The summed E-state index contributed by atoms with van der Waals surface area (Å²) in [6.07, 6.45) is 0. The van der Waals surface area contributed by atoms with Gasteiger partial charge in [-0.2, -0.15) is 0 Å². The van der Waals surface area contributed by atoms with Crippen LogP contribution in [0, 0.1) is 13.8 Å². The molecule has 0 aliphatic carbocycles. The van der Waals surface area contributed by atoms with Gasteiger partial charge in [0.25, 0.3) is 0 Å². The van der Waals surface area contributed by atoms with Gasteiger partial charge in [-0.3, -0.25) is 0 Å². The molecule has 0 aliphatic rings. The second kappa shape index (κ2) is 3.72. The lowest BCUT2D eigenvalue weighted by atomic mass is 9.98. The summed E-state index contributed by atoms with van der Waals surface area (Å²) in [6.45, 7) is 6.46. The summed E-state index contributed by atoms with van der Waals surface area (Å²) in [6, 6.07) is 6.34. The first kappa shape index (κ1) is 9.27. The van der Waals surface area contributed by atoms with Gasteiger partial charge in [0.1, 0.15) is 0 Å².